The molecule has 0 bridgehead atoms. The van der Waals surface area contributed by atoms with Crippen LogP contribution in [0.4, 0.5) is 0 Å². The van der Waals surface area contributed by atoms with Crippen molar-refractivity contribution >= 4 is 16.8 Å². The normalized spacial score (nSPS) is 19.1. The molecule has 2 heterocycles. The van der Waals surface area contributed by atoms with Crippen LogP contribution in [-0.2, 0) is 15.1 Å². The fraction of sp³-hybridized carbons (Fsp3) is 0.444. The topological polar surface area (TPSA) is 51.2 Å². The molecular weight excluding hydrogens is 276 g/mol. The minimum atomic E-state index is -0.472. The van der Waals surface area contributed by atoms with E-state index < -0.39 is 5.54 Å². The number of rotatable bonds is 3. The van der Waals surface area contributed by atoms with Gasteiger partial charge in [0.1, 0.15) is 6.10 Å². The lowest BCUT2D eigenvalue weighted by atomic mass is 9.90. The lowest BCUT2D eigenvalue weighted by molar-refractivity contribution is -0.137. The number of aromatic nitrogens is 1. The first kappa shape index (κ1) is 15.0. The second-order valence-electron chi connectivity index (χ2n) is 6.35. The summed E-state index contributed by atoms with van der Waals surface area (Å²) in [4.78, 5) is 16.9. The first-order valence-corrected chi connectivity index (χ1v) is 7.86. The van der Waals surface area contributed by atoms with Gasteiger partial charge in [-0.05, 0) is 50.8 Å². The summed E-state index contributed by atoms with van der Waals surface area (Å²) < 4.78 is 5.58. The Morgan fingerprint density at radius 2 is 2.09 bits per heavy atom. The number of carbonyl (C=O) groups excluding carboxylic acids is 1. The highest BCUT2D eigenvalue weighted by atomic mass is 16.5. The fourth-order valence-electron chi connectivity index (χ4n) is 3.04. The van der Waals surface area contributed by atoms with Gasteiger partial charge in [0.15, 0.2) is 0 Å². The monoisotopic (exact) mass is 298 g/mol. The zero-order valence-electron chi connectivity index (χ0n) is 13.1. The Balaban J connectivity index is 1.86. The summed E-state index contributed by atoms with van der Waals surface area (Å²) in [6, 6.07) is 9.98. The maximum absolute atomic E-state index is 12.5. The molecule has 4 nitrogen and oxygen atoms in total. The van der Waals surface area contributed by atoms with Crippen molar-refractivity contribution in [2.45, 2.75) is 44.8 Å². The van der Waals surface area contributed by atoms with E-state index in [1.165, 1.54) is 0 Å². The highest BCUT2D eigenvalue weighted by Crippen LogP contribution is 2.27. The number of para-hydroxylation sites is 1. The summed E-state index contributed by atoms with van der Waals surface area (Å²) in [6.07, 6.45) is 4.38. The number of carbonyl (C=O) groups is 1. The molecule has 3 rings (SSSR count). The third-order valence-corrected chi connectivity index (χ3v) is 4.23. The highest BCUT2D eigenvalue weighted by molar-refractivity contribution is 5.85. The Morgan fingerprint density at radius 1 is 1.27 bits per heavy atom. The Labute approximate surface area is 130 Å². The highest BCUT2D eigenvalue weighted by Gasteiger charge is 2.30. The number of pyridine rings is 1. The number of nitrogens with one attached hydrogen (secondary N) is 1. The summed E-state index contributed by atoms with van der Waals surface area (Å²) in [6.45, 7) is 4.72. The smallest absolute Gasteiger partial charge is 0.249 e. The molecule has 1 N–H and O–H groups in total. The number of fused-ring (bicyclic) bond motifs is 1. The summed E-state index contributed by atoms with van der Waals surface area (Å²) in [5, 5.41) is 4.21. The van der Waals surface area contributed by atoms with Crippen LogP contribution in [0.5, 0.6) is 0 Å². The largest absolute Gasteiger partial charge is 0.368 e. The summed E-state index contributed by atoms with van der Waals surface area (Å²) in [7, 11) is 0. The molecule has 22 heavy (non-hydrogen) atoms. The molecule has 0 aliphatic carbocycles. The number of benzene rings is 1. The number of amides is 1. The fourth-order valence-corrected chi connectivity index (χ4v) is 3.04. The molecule has 1 fully saturated rings. The zero-order valence-corrected chi connectivity index (χ0v) is 13.1. The van der Waals surface area contributed by atoms with Crippen LogP contribution in [0.1, 0.15) is 38.7 Å². The predicted octanol–water partition coefficient (Wildman–Crippen LogP) is 3.16. The van der Waals surface area contributed by atoms with Gasteiger partial charge in [-0.2, -0.15) is 0 Å². The van der Waals surface area contributed by atoms with Crippen molar-refractivity contribution in [2.24, 2.45) is 0 Å². The van der Waals surface area contributed by atoms with Gasteiger partial charge in [-0.1, -0.05) is 18.2 Å². The van der Waals surface area contributed by atoms with E-state index in [0.29, 0.717) is 6.61 Å². The molecule has 0 unspecified atom stereocenters. The van der Waals surface area contributed by atoms with Crippen molar-refractivity contribution in [1.82, 2.24) is 10.3 Å². The molecule has 116 valence electrons. The van der Waals surface area contributed by atoms with Crippen LogP contribution in [-0.4, -0.2) is 23.6 Å². The van der Waals surface area contributed by atoms with Gasteiger partial charge in [-0.25, -0.2) is 0 Å². The molecule has 1 aliphatic heterocycles. The number of hydrogen-bond acceptors (Lipinski definition) is 3. The Morgan fingerprint density at radius 3 is 2.86 bits per heavy atom. The molecule has 1 aromatic carbocycles. The van der Waals surface area contributed by atoms with E-state index in [0.717, 1.165) is 35.7 Å². The van der Waals surface area contributed by atoms with E-state index in [-0.39, 0.29) is 12.0 Å². The third kappa shape index (κ3) is 2.97. The lowest BCUT2D eigenvalue weighted by Crippen LogP contribution is -2.47. The number of ether oxygens (including phenoxy) is 1. The summed E-state index contributed by atoms with van der Waals surface area (Å²) in [5.74, 6) is -0.0226. The molecule has 2 aromatic rings. The molecule has 1 aliphatic rings. The first-order valence-electron chi connectivity index (χ1n) is 7.86. The van der Waals surface area contributed by atoms with Gasteiger partial charge in [-0.3, -0.25) is 9.78 Å². The van der Waals surface area contributed by atoms with Crippen LogP contribution >= 0.6 is 0 Å². The quantitative estimate of drug-likeness (QED) is 0.947. The number of hydrogen-bond donors (Lipinski definition) is 1. The molecule has 0 radical (unpaired) electrons. The van der Waals surface area contributed by atoms with E-state index >= 15 is 0 Å². The van der Waals surface area contributed by atoms with Crippen molar-refractivity contribution in [3.8, 4) is 0 Å². The Kier molecular flexibility index (Phi) is 4.12. The van der Waals surface area contributed by atoms with E-state index in [1.807, 2.05) is 44.2 Å². The SMILES string of the molecule is CC(C)(NC(=O)[C@H]1CCCCO1)c1ccnc2ccccc12. The lowest BCUT2D eigenvalue weighted by Gasteiger charge is -2.31. The molecule has 0 saturated carbocycles. The van der Waals surface area contributed by atoms with E-state index in [9.17, 15) is 4.79 Å². The van der Waals surface area contributed by atoms with Crippen molar-refractivity contribution in [3.63, 3.8) is 0 Å². The summed E-state index contributed by atoms with van der Waals surface area (Å²) in [5.41, 5.74) is 1.54. The molecule has 4 heteroatoms. The molecule has 1 atom stereocenters. The minimum Gasteiger partial charge on any atom is -0.368 e. The van der Waals surface area contributed by atoms with Crippen LogP contribution in [0.2, 0.25) is 0 Å². The standard InChI is InChI=1S/C18H22N2O2/c1-18(2,20-17(21)16-9-5-6-12-22-16)14-10-11-19-15-8-4-3-7-13(14)15/h3-4,7-8,10-11,16H,5-6,9,12H2,1-2H3,(H,20,21)/t16-/m1/s1. The zero-order chi connectivity index (χ0) is 15.6. The van der Waals surface area contributed by atoms with Crippen LogP contribution in [0.25, 0.3) is 10.9 Å². The van der Waals surface area contributed by atoms with Crippen molar-refractivity contribution in [3.05, 3.63) is 42.1 Å². The van der Waals surface area contributed by atoms with Crippen LogP contribution in [0.3, 0.4) is 0 Å². The molecule has 1 saturated heterocycles. The van der Waals surface area contributed by atoms with Crippen LogP contribution in [0, 0.1) is 0 Å². The van der Waals surface area contributed by atoms with Gasteiger partial charge in [0, 0.05) is 18.2 Å². The molecular formula is C18H22N2O2. The molecule has 1 amide bonds. The van der Waals surface area contributed by atoms with Crippen LogP contribution in [0.15, 0.2) is 36.5 Å². The first-order chi connectivity index (χ1) is 10.6. The van der Waals surface area contributed by atoms with E-state index in [1.54, 1.807) is 6.20 Å². The van der Waals surface area contributed by atoms with Gasteiger partial charge >= 0.3 is 0 Å². The predicted molar refractivity (Wildman–Crippen MR) is 86.5 cm³/mol. The van der Waals surface area contributed by atoms with Crippen molar-refractivity contribution < 1.29 is 9.53 Å². The average Bonchev–Trinajstić information content (AvgIpc) is 2.54. The maximum Gasteiger partial charge on any atom is 0.249 e. The van der Waals surface area contributed by atoms with Gasteiger partial charge in [0.25, 0.3) is 0 Å². The van der Waals surface area contributed by atoms with E-state index in [4.69, 9.17) is 4.74 Å². The third-order valence-electron chi connectivity index (χ3n) is 4.23. The van der Waals surface area contributed by atoms with Gasteiger partial charge in [0.05, 0.1) is 11.1 Å². The average molecular weight is 298 g/mol. The van der Waals surface area contributed by atoms with E-state index in [2.05, 4.69) is 10.3 Å². The Bertz CT molecular complexity index is 670. The van der Waals surface area contributed by atoms with Gasteiger partial charge in [0.2, 0.25) is 5.91 Å². The molecule has 1 aromatic heterocycles. The minimum absolute atomic E-state index is 0.0226. The van der Waals surface area contributed by atoms with Crippen molar-refractivity contribution in [2.75, 3.05) is 6.61 Å². The summed E-state index contributed by atoms with van der Waals surface area (Å²) >= 11 is 0. The van der Waals surface area contributed by atoms with Gasteiger partial charge < -0.3 is 10.1 Å². The maximum atomic E-state index is 12.5. The van der Waals surface area contributed by atoms with Crippen LogP contribution < -0.4 is 5.32 Å². The van der Waals surface area contributed by atoms with Gasteiger partial charge in [-0.15, -0.1) is 0 Å². The van der Waals surface area contributed by atoms with Crippen molar-refractivity contribution in [1.29, 1.82) is 0 Å². The molecule has 0 spiro atoms. The second kappa shape index (κ2) is 6.05. The second-order valence-corrected chi connectivity index (χ2v) is 6.35. The Hall–Kier alpha value is -1.94. The number of nitrogens with zero attached hydrogens (tertiary/aromatic N) is 1.